The van der Waals surface area contributed by atoms with E-state index in [1.54, 1.807) is 6.33 Å². The third-order valence-corrected chi connectivity index (χ3v) is 2.92. The van der Waals surface area contributed by atoms with Crippen molar-refractivity contribution in [2.24, 2.45) is 5.73 Å². The van der Waals surface area contributed by atoms with Crippen molar-refractivity contribution >= 4 is 0 Å². The first kappa shape index (κ1) is 11.7. The standard InChI is InChI=1S/C14H15N5/c15-6-13-10-18(11-16-13)8-12-7-17-19(9-12)14-4-2-1-3-5-14/h1-5,7,9-11H,6,8,15H2. The molecule has 2 N–H and O–H groups in total. The van der Waals surface area contributed by atoms with Gasteiger partial charge in [0.1, 0.15) is 0 Å². The van der Waals surface area contributed by atoms with Crippen LogP contribution in [-0.4, -0.2) is 19.3 Å². The molecule has 5 nitrogen and oxygen atoms in total. The van der Waals surface area contributed by atoms with E-state index in [4.69, 9.17) is 5.73 Å². The molecule has 19 heavy (non-hydrogen) atoms. The molecule has 0 spiro atoms. The molecule has 0 radical (unpaired) electrons. The largest absolute Gasteiger partial charge is 0.333 e. The smallest absolute Gasteiger partial charge is 0.0953 e. The van der Waals surface area contributed by atoms with E-state index >= 15 is 0 Å². The third kappa shape index (κ3) is 2.56. The van der Waals surface area contributed by atoms with Crippen LogP contribution in [0.2, 0.25) is 0 Å². The molecule has 3 rings (SSSR count). The Labute approximate surface area is 111 Å². The van der Waals surface area contributed by atoms with Crippen molar-refractivity contribution in [3.05, 3.63) is 66.5 Å². The molecule has 0 unspecified atom stereocenters. The summed E-state index contributed by atoms with van der Waals surface area (Å²) < 4.78 is 3.88. The van der Waals surface area contributed by atoms with Crippen LogP contribution in [0.3, 0.4) is 0 Å². The van der Waals surface area contributed by atoms with E-state index in [-0.39, 0.29) is 0 Å². The van der Waals surface area contributed by atoms with Crippen LogP contribution >= 0.6 is 0 Å². The number of benzene rings is 1. The molecular formula is C14H15N5. The van der Waals surface area contributed by atoms with Gasteiger partial charge in [0.15, 0.2) is 0 Å². The molecule has 3 aromatic rings. The molecular weight excluding hydrogens is 238 g/mol. The Hall–Kier alpha value is -2.40. The van der Waals surface area contributed by atoms with E-state index < -0.39 is 0 Å². The Morgan fingerprint density at radius 3 is 2.68 bits per heavy atom. The molecule has 0 saturated carbocycles. The van der Waals surface area contributed by atoms with Gasteiger partial charge < -0.3 is 10.3 Å². The number of imidazole rings is 1. The summed E-state index contributed by atoms with van der Waals surface area (Å²) >= 11 is 0. The molecule has 1 aromatic carbocycles. The first-order valence-electron chi connectivity index (χ1n) is 6.15. The lowest BCUT2D eigenvalue weighted by molar-refractivity contribution is 0.795. The first-order valence-corrected chi connectivity index (χ1v) is 6.15. The summed E-state index contributed by atoms with van der Waals surface area (Å²) in [5, 5.41) is 4.37. The summed E-state index contributed by atoms with van der Waals surface area (Å²) in [6.07, 6.45) is 7.65. The number of hydrogen-bond donors (Lipinski definition) is 1. The van der Waals surface area contributed by atoms with Gasteiger partial charge in [-0.15, -0.1) is 0 Å². The lowest BCUT2D eigenvalue weighted by atomic mass is 10.3. The highest BCUT2D eigenvalue weighted by atomic mass is 15.3. The van der Waals surface area contributed by atoms with E-state index in [0.717, 1.165) is 23.5 Å². The van der Waals surface area contributed by atoms with Crippen LogP contribution < -0.4 is 5.73 Å². The van der Waals surface area contributed by atoms with Crippen molar-refractivity contribution in [1.82, 2.24) is 19.3 Å². The molecule has 0 bridgehead atoms. The van der Waals surface area contributed by atoms with Crippen molar-refractivity contribution < 1.29 is 0 Å². The van der Waals surface area contributed by atoms with E-state index in [2.05, 4.69) is 10.1 Å². The second-order valence-corrected chi connectivity index (χ2v) is 4.37. The fraction of sp³-hybridized carbons (Fsp3) is 0.143. The molecule has 0 amide bonds. The molecule has 2 heterocycles. The lowest BCUT2D eigenvalue weighted by Gasteiger charge is -2.00. The fourth-order valence-electron chi connectivity index (χ4n) is 1.97. The first-order chi connectivity index (χ1) is 9.35. The fourth-order valence-corrected chi connectivity index (χ4v) is 1.97. The van der Waals surface area contributed by atoms with Crippen LogP contribution in [0.4, 0.5) is 0 Å². The molecule has 0 atom stereocenters. The Morgan fingerprint density at radius 1 is 1.11 bits per heavy atom. The van der Waals surface area contributed by atoms with Crippen LogP contribution in [0.1, 0.15) is 11.3 Å². The zero-order valence-electron chi connectivity index (χ0n) is 10.5. The second-order valence-electron chi connectivity index (χ2n) is 4.37. The number of nitrogens with two attached hydrogens (primary N) is 1. The highest BCUT2D eigenvalue weighted by Gasteiger charge is 2.02. The van der Waals surface area contributed by atoms with E-state index in [1.165, 1.54) is 0 Å². The van der Waals surface area contributed by atoms with Gasteiger partial charge >= 0.3 is 0 Å². The van der Waals surface area contributed by atoms with Crippen molar-refractivity contribution in [3.63, 3.8) is 0 Å². The number of para-hydroxylation sites is 1. The molecule has 0 aliphatic rings. The molecule has 96 valence electrons. The second kappa shape index (κ2) is 5.07. The van der Waals surface area contributed by atoms with E-state index in [9.17, 15) is 0 Å². The average Bonchev–Trinajstić information content (AvgIpc) is 3.09. The van der Waals surface area contributed by atoms with E-state index in [0.29, 0.717) is 6.54 Å². The minimum Gasteiger partial charge on any atom is -0.333 e. The summed E-state index contributed by atoms with van der Waals surface area (Å²) in [5.41, 5.74) is 8.63. The third-order valence-electron chi connectivity index (χ3n) is 2.92. The normalized spacial score (nSPS) is 10.8. The minimum absolute atomic E-state index is 0.469. The van der Waals surface area contributed by atoms with Gasteiger partial charge in [0.05, 0.1) is 30.5 Å². The lowest BCUT2D eigenvalue weighted by Crippen LogP contribution is -1.97. The van der Waals surface area contributed by atoms with Crippen molar-refractivity contribution in [2.45, 2.75) is 13.1 Å². The predicted octanol–water partition coefficient (Wildman–Crippen LogP) is 1.58. The van der Waals surface area contributed by atoms with Gasteiger partial charge in [-0.3, -0.25) is 0 Å². The SMILES string of the molecule is NCc1cn(Cc2cnn(-c3ccccc3)c2)cn1. The van der Waals surface area contributed by atoms with Gasteiger partial charge in [0, 0.05) is 24.5 Å². The number of rotatable bonds is 4. The highest BCUT2D eigenvalue weighted by Crippen LogP contribution is 2.09. The number of aromatic nitrogens is 4. The van der Waals surface area contributed by atoms with Gasteiger partial charge in [-0.1, -0.05) is 18.2 Å². The van der Waals surface area contributed by atoms with Crippen LogP contribution in [0.25, 0.3) is 5.69 Å². The molecule has 0 aliphatic heterocycles. The Morgan fingerprint density at radius 2 is 1.95 bits per heavy atom. The average molecular weight is 253 g/mol. The zero-order chi connectivity index (χ0) is 13.1. The Kier molecular flexibility index (Phi) is 3.12. The van der Waals surface area contributed by atoms with Gasteiger partial charge in [0.25, 0.3) is 0 Å². The Bertz CT molecular complexity index is 653. The summed E-state index contributed by atoms with van der Waals surface area (Å²) in [6, 6.07) is 10.1. The van der Waals surface area contributed by atoms with Crippen LogP contribution in [0, 0.1) is 0 Å². The van der Waals surface area contributed by atoms with Gasteiger partial charge in [0.2, 0.25) is 0 Å². The van der Waals surface area contributed by atoms with Crippen molar-refractivity contribution in [1.29, 1.82) is 0 Å². The summed E-state index contributed by atoms with van der Waals surface area (Å²) in [5.74, 6) is 0. The van der Waals surface area contributed by atoms with Gasteiger partial charge in [-0.2, -0.15) is 5.10 Å². The highest BCUT2D eigenvalue weighted by molar-refractivity contribution is 5.30. The monoisotopic (exact) mass is 253 g/mol. The quantitative estimate of drug-likeness (QED) is 0.767. The van der Waals surface area contributed by atoms with Crippen LogP contribution in [-0.2, 0) is 13.1 Å². The summed E-state index contributed by atoms with van der Waals surface area (Å²) in [7, 11) is 0. The molecule has 5 heteroatoms. The van der Waals surface area contributed by atoms with Gasteiger partial charge in [-0.25, -0.2) is 9.67 Å². The van der Waals surface area contributed by atoms with E-state index in [1.807, 2.05) is 58.2 Å². The molecule has 0 fully saturated rings. The maximum absolute atomic E-state index is 5.54. The summed E-state index contributed by atoms with van der Waals surface area (Å²) in [4.78, 5) is 4.21. The number of nitrogens with zero attached hydrogens (tertiary/aromatic N) is 4. The van der Waals surface area contributed by atoms with Crippen molar-refractivity contribution in [2.75, 3.05) is 0 Å². The Balaban J connectivity index is 1.78. The number of hydrogen-bond acceptors (Lipinski definition) is 3. The molecule has 0 aliphatic carbocycles. The topological polar surface area (TPSA) is 61.7 Å². The maximum Gasteiger partial charge on any atom is 0.0953 e. The minimum atomic E-state index is 0.469. The summed E-state index contributed by atoms with van der Waals surface area (Å²) in [6.45, 7) is 1.22. The van der Waals surface area contributed by atoms with Gasteiger partial charge in [-0.05, 0) is 12.1 Å². The van der Waals surface area contributed by atoms with Crippen LogP contribution in [0.5, 0.6) is 0 Å². The maximum atomic E-state index is 5.54. The predicted molar refractivity (Wildman–Crippen MR) is 72.8 cm³/mol. The van der Waals surface area contributed by atoms with Crippen LogP contribution in [0.15, 0.2) is 55.2 Å². The van der Waals surface area contributed by atoms with Crippen molar-refractivity contribution in [3.8, 4) is 5.69 Å². The molecule has 2 aromatic heterocycles. The molecule has 0 saturated heterocycles. The zero-order valence-corrected chi connectivity index (χ0v) is 10.5.